The molecule has 8 nitrogen and oxygen atoms in total. The van der Waals surface area contributed by atoms with E-state index < -0.39 is 19.9 Å². The number of sulfone groups is 1. The van der Waals surface area contributed by atoms with E-state index in [0.717, 1.165) is 56.6 Å². The quantitative estimate of drug-likeness (QED) is 0.407. The summed E-state index contributed by atoms with van der Waals surface area (Å²) in [6.45, 7) is 8.54. The zero-order valence-electron chi connectivity index (χ0n) is 24.9. The Labute approximate surface area is 246 Å². The number of hydrogen-bond acceptors (Lipinski definition) is 6. The van der Waals surface area contributed by atoms with Crippen molar-refractivity contribution in [1.29, 1.82) is 0 Å². The molecule has 1 amide bonds. The molecule has 0 atom stereocenters. The van der Waals surface area contributed by atoms with Gasteiger partial charge in [0.1, 0.15) is 0 Å². The van der Waals surface area contributed by atoms with Crippen molar-refractivity contribution in [3.8, 4) is 0 Å². The van der Waals surface area contributed by atoms with E-state index in [1.807, 2.05) is 23.1 Å². The van der Waals surface area contributed by atoms with E-state index >= 15 is 0 Å². The predicted octanol–water partition coefficient (Wildman–Crippen LogP) is 4.06. The van der Waals surface area contributed by atoms with Crippen LogP contribution < -0.4 is 4.90 Å². The van der Waals surface area contributed by atoms with E-state index in [0.29, 0.717) is 43.3 Å². The molecule has 0 saturated carbocycles. The lowest BCUT2D eigenvalue weighted by atomic mass is 9.90. The third-order valence-electron chi connectivity index (χ3n) is 8.78. The van der Waals surface area contributed by atoms with E-state index in [1.54, 1.807) is 12.1 Å². The highest BCUT2D eigenvalue weighted by Crippen LogP contribution is 2.27. The summed E-state index contributed by atoms with van der Waals surface area (Å²) in [4.78, 5) is 18.5. The smallest absolute Gasteiger partial charge is 0.230 e. The highest BCUT2D eigenvalue weighted by atomic mass is 32.2. The Bertz CT molecular complexity index is 1410. The van der Waals surface area contributed by atoms with Gasteiger partial charge in [-0.15, -0.1) is 0 Å². The van der Waals surface area contributed by atoms with Gasteiger partial charge in [-0.1, -0.05) is 18.2 Å². The number of likely N-dealkylation sites (tertiary alicyclic amines) is 1. The van der Waals surface area contributed by atoms with Crippen LogP contribution in [0.5, 0.6) is 0 Å². The van der Waals surface area contributed by atoms with Crippen LogP contribution in [0.25, 0.3) is 0 Å². The zero-order chi connectivity index (χ0) is 29.8. The van der Waals surface area contributed by atoms with Crippen LogP contribution in [-0.4, -0.2) is 83.7 Å². The second-order valence-electron chi connectivity index (χ2n) is 12.0. The Hall–Kier alpha value is -2.27. The van der Waals surface area contributed by atoms with Crippen molar-refractivity contribution in [3.63, 3.8) is 0 Å². The topological polar surface area (TPSA) is 95.1 Å². The highest BCUT2D eigenvalue weighted by molar-refractivity contribution is 7.90. The average Bonchev–Trinajstić information content (AvgIpc) is 2.93. The van der Waals surface area contributed by atoms with E-state index in [9.17, 15) is 21.6 Å². The van der Waals surface area contributed by atoms with Crippen LogP contribution in [0.2, 0.25) is 0 Å². The van der Waals surface area contributed by atoms with Crippen molar-refractivity contribution in [2.75, 3.05) is 56.7 Å². The number of sulfonamides is 1. The Morgan fingerprint density at radius 1 is 0.854 bits per heavy atom. The molecule has 2 aliphatic heterocycles. The van der Waals surface area contributed by atoms with Gasteiger partial charge in [0.25, 0.3) is 0 Å². The number of benzene rings is 2. The Kier molecular flexibility index (Phi) is 10.3. The largest absolute Gasteiger partial charge is 0.312 e. The monoisotopic (exact) mass is 603 g/mol. The van der Waals surface area contributed by atoms with Gasteiger partial charge in [0.2, 0.25) is 15.9 Å². The van der Waals surface area contributed by atoms with Gasteiger partial charge in [-0.3, -0.25) is 4.79 Å². The standard InChI is InChI=1S/C31H45N3O5S2/c1-24-6-9-29(22-25(24)2)34(31(35)28-14-20-33(21-15-28)41(4,38)39)17-5-16-32-18-12-27(13-19-32)23-26-7-10-30(11-8-26)40(3,36)37/h6-11,22,27-28H,5,12-21,23H2,1-4H3. The van der Waals surface area contributed by atoms with E-state index in [-0.39, 0.29) is 11.8 Å². The molecule has 2 aromatic carbocycles. The highest BCUT2D eigenvalue weighted by Gasteiger charge is 2.32. The van der Waals surface area contributed by atoms with Gasteiger partial charge in [0.15, 0.2) is 9.84 Å². The summed E-state index contributed by atoms with van der Waals surface area (Å²) in [6, 6.07) is 13.5. The van der Waals surface area contributed by atoms with Crippen LogP contribution in [0.3, 0.4) is 0 Å². The molecule has 2 fully saturated rings. The van der Waals surface area contributed by atoms with E-state index in [2.05, 4.69) is 30.9 Å². The SMILES string of the molecule is Cc1ccc(N(CCCN2CCC(Cc3ccc(S(C)(=O)=O)cc3)CC2)C(=O)C2CCN(S(C)(=O)=O)CC2)cc1C. The maximum atomic E-state index is 13.7. The number of aryl methyl sites for hydroxylation is 2. The summed E-state index contributed by atoms with van der Waals surface area (Å²) in [7, 11) is -6.40. The molecule has 41 heavy (non-hydrogen) atoms. The fraction of sp³-hybridized carbons (Fsp3) is 0.581. The number of anilines is 1. The minimum absolute atomic E-state index is 0.0991. The molecular formula is C31H45N3O5S2. The number of hydrogen-bond donors (Lipinski definition) is 0. The van der Waals surface area contributed by atoms with Crippen LogP contribution in [0, 0.1) is 25.7 Å². The Balaban J connectivity index is 1.30. The molecule has 0 aliphatic carbocycles. The summed E-state index contributed by atoms with van der Waals surface area (Å²) in [6.07, 6.45) is 7.62. The lowest BCUT2D eigenvalue weighted by Gasteiger charge is -2.35. The molecule has 0 bridgehead atoms. The summed E-state index contributed by atoms with van der Waals surface area (Å²) in [5.74, 6) is 0.514. The Morgan fingerprint density at radius 3 is 2.05 bits per heavy atom. The number of amides is 1. The number of piperidine rings is 2. The molecule has 0 aromatic heterocycles. The number of nitrogens with zero attached hydrogens (tertiary/aromatic N) is 3. The maximum absolute atomic E-state index is 13.7. The third kappa shape index (κ3) is 8.63. The van der Waals surface area contributed by atoms with Gasteiger partial charge in [0, 0.05) is 37.5 Å². The van der Waals surface area contributed by atoms with Gasteiger partial charge < -0.3 is 9.80 Å². The second kappa shape index (κ2) is 13.4. The minimum Gasteiger partial charge on any atom is -0.312 e. The van der Waals surface area contributed by atoms with Crippen molar-refractivity contribution in [1.82, 2.24) is 9.21 Å². The lowest BCUT2D eigenvalue weighted by molar-refractivity contribution is -0.123. The van der Waals surface area contributed by atoms with Crippen molar-refractivity contribution < 1.29 is 21.6 Å². The molecule has 0 spiro atoms. The molecule has 226 valence electrons. The normalized spacial score (nSPS) is 18.4. The first-order chi connectivity index (χ1) is 19.3. The fourth-order valence-electron chi connectivity index (χ4n) is 5.99. The molecule has 0 N–H and O–H groups in total. The molecule has 2 heterocycles. The molecule has 2 saturated heterocycles. The van der Waals surface area contributed by atoms with Crippen LogP contribution in [0.4, 0.5) is 5.69 Å². The minimum atomic E-state index is -3.23. The zero-order valence-corrected chi connectivity index (χ0v) is 26.5. The first kappa shape index (κ1) is 31.7. The van der Waals surface area contributed by atoms with Crippen LogP contribution in [-0.2, 0) is 31.1 Å². The number of carbonyl (C=O) groups is 1. The fourth-order valence-corrected chi connectivity index (χ4v) is 7.49. The average molecular weight is 604 g/mol. The first-order valence-electron chi connectivity index (χ1n) is 14.7. The third-order valence-corrected chi connectivity index (χ3v) is 11.2. The molecule has 4 rings (SSSR count). The summed E-state index contributed by atoms with van der Waals surface area (Å²) < 4.78 is 48.8. The lowest BCUT2D eigenvalue weighted by Crippen LogP contribution is -2.45. The summed E-state index contributed by atoms with van der Waals surface area (Å²) in [5, 5.41) is 0. The molecular weight excluding hydrogens is 558 g/mol. The van der Waals surface area contributed by atoms with Crippen LogP contribution >= 0.6 is 0 Å². The van der Waals surface area contributed by atoms with Gasteiger partial charge in [-0.25, -0.2) is 21.1 Å². The number of rotatable bonds is 10. The molecule has 10 heteroatoms. The predicted molar refractivity (Wildman–Crippen MR) is 164 cm³/mol. The van der Waals surface area contributed by atoms with Crippen molar-refractivity contribution in [2.45, 2.75) is 57.3 Å². The van der Waals surface area contributed by atoms with Gasteiger partial charge in [-0.2, -0.15) is 0 Å². The van der Waals surface area contributed by atoms with Crippen molar-refractivity contribution in [2.24, 2.45) is 11.8 Å². The van der Waals surface area contributed by atoms with Crippen molar-refractivity contribution >= 4 is 31.5 Å². The van der Waals surface area contributed by atoms with Crippen molar-refractivity contribution in [3.05, 3.63) is 59.2 Å². The number of carbonyl (C=O) groups excluding carboxylic acids is 1. The molecule has 0 unspecified atom stereocenters. The molecule has 0 radical (unpaired) electrons. The van der Waals surface area contributed by atoms with Crippen LogP contribution in [0.1, 0.15) is 48.8 Å². The van der Waals surface area contributed by atoms with Gasteiger partial charge in [-0.05, 0) is 119 Å². The maximum Gasteiger partial charge on any atom is 0.230 e. The first-order valence-corrected chi connectivity index (χ1v) is 18.4. The van der Waals surface area contributed by atoms with E-state index in [4.69, 9.17) is 0 Å². The molecule has 2 aromatic rings. The second-order valence-corrected chi connectivity index (χ2v) is 16.0. The Morgan fingerprint density at radius 2 is 1.49 bits per heavy atom. The summed E-state index contributed by atoms with van der Waals surface area (Å²) in [5.41, 5.74) is 4.45. The molecule has 2 aliphatic rings. The van der Waals surface area contributed by atoms with Gasteiger partial charge >= 0.3 is 0 Å². The summed E-state index contributed by atoms with van der Waals surface area (Å²) >= 11 is 0. The van der Waals surface area contributed by atoms with E-state index in [1.165, 1.54) is 27.9 Å². The van der Waals surface area contributed by atoms with Gasteiger partial charge in [0.05, 0.1) is 11.2 Å². The van der Waals surface area contributed by atoms with Crippen LogP contribution in [0.15, 0.2) is 47.4 Å².